The van der Waals surface area contributed by atoms with E-state index < -0.39 is 11.3 Å². The molecule has 2 saturated heterocycles. The number of amides is 1. The summed E-state index contributed by atoms with van der Waals surface area (Å²) < 4.78 is 25.9. The number of rotatable bonds is 8. The summed E-state index contributed by atoms with van der Waals surface area (Å²) in [6.07, 6.45) is 9.97. The van der Waals surface area contributed by atoms with Gasteiger partial charge in [0.1, 0.15) is 17.4 Å². The Bertz CT molecular complexity index is 2430. The van der Waals surface area contributed by atoms with Crippen LogP contribution in [0.3, 0.4) is 0 Å². The van der Waals surface area contributed by atoms with Crippen LogP contribution in [-0.2, 0) is 24.8 Å². The normalized spacial score (nSPS) is 21.3. The third-order valence-corrected chi connectivity index (χ3v) is 12.1. The molecule has 250 valence electrons. The van der Waals surface area contributed by atoms with E-state index >= 15 is 0 Å². The molecule has 1 saturated carbocycles. The largest absolute Gasteiger partial charge is 0.495 e. The van der Waals surface area contributed by atoms with Crippen molar-refractivity contribution in [2.24, 2.45) is 5.92 Å². The first-order valence-corrected chi connectivity index (χ1v) is 17.6. The van der Waals surface area contributed by atoms with Crippen LogP contribution in [-0.4, -0.2) is 49.6 Å². The zero-order chi connectivity index (χ0) is 33.7. The Morgan fingerprint density at radius 3 is 2.78 bits per heavy atom. The number of H-pyrrole nitrogens is 1. The zero-order valence-corrected chi connectivity index (χ0v) is 27.8. The molecule has 3 fully saturated rings. The number of hydrogen-bond acceptors (Lipinski definition) is 10. The third kappa shape index (κ3) is 4.25. The van der Waals surface area contributed by atoms with Crippen molar-refractivity contribution in [2.75, 3.05) is 19.0 Å². The maximum atomic E-state index is 14.4. The van der Waals surface area contributed by atoms with E-state index in [1.165, 1.54) is 23.5 Å². The number of thiophene rings is 1. The van der Waals surface area contributed by atoms with Gasteiger partial charge in [-0.3, -0.25) is 14.8 Å². The number of ether oxygens (including phenoxy) is 1. The van der Waals surface area contributed by atoms with Crippen LogP contribution in [0, 0.1) is 11.7 Å². The Labute approximate surface area is 288 Å². The van der Waals surface area contributed by atoms with E-state index in [4.69, 9.17) is 19.1 Å². The number of carbonyl (C=O) groups is 1. The molecule has 11 rings (SSSR count). The van der Waals surface area contributed by atoms with Gasteiger partial charge in [0.2, 0.25) is 0 Å². The average molecular weight is 688 g/mol. The van der Waals surface area contributed by atoms with Crippen LogP contribution in [0.2, 0.25) is 0 Å². The molecule has 0 unspecified atom stereocenters. The molecule has 8 heterocycles. The van der Waals surface area contributed by atoms with Crippen molar-refractivity contribution in [3.63, 3.8) is 0 Å². The first-order chi connectivity index (χ1) is 24.4. The average Bonchev–Trinajstić information content (AvgIpc) is 3.96. The second-order valence-electron chi connectivity index (χ2n) is 13.6. The lowest BCUT2D eigenvalue weighted by atomic mass is 9.71. The van der Waals surface area contributed by atoms with Crippen LogP contribution < -0.4 is 15.8 Å². The predicted molar refractivity (Wildman–Crippen MR) is 184 cm³/mol. The number of methoxy groups -OCH3 is 1. The Morgan fingerprint density at radius 1 is 1.12 bits per heavy atom. The highest BCUT2D eigenvalue weighted by Crippen LogP contribution is 2.63. The van der Waals surface area contributed by atoms with Gasteiger partial charge >= 0.3 is 5.76 Å². The third-order valence-electron chi connectivity index (χ3n) is 10.9. The predicted octanol–water partition coefficient (Wildman–Crippen LogP) is 6.20. The van der Waals surface area contributed by atoms with Crippen molar-refractivity contribution in [1.82, 2.24) is 30.0 Å². The molecule has 13 heteroatoms. The van der Waals surface area contributed by atoms with Crippen LogP contribution in [0.5, 0.6) is 5.75 Å². The molecule has 50 heavy (non-hydrogen) atoms. The number of benzene rings is 1. The molecule has 2 bridgehead atoms. The van der Waals surface area contributed by atoms with Crippen molar-refractivity contribution < 1.29 is 18.3 Å². The molecule has 6 aromatic rings. The van der Waals surface area contributed by atoms with Gasteiger partial charge in [0, 0.05) is 34.9 Å². The molecule has 1 aromatic carbocycles. The van der Waals surface area contributed by atoms with Gasteiger partial charge in [-0.25, -0.2) is 19.3 Å². The van der Waals surface area contributed by atoms with Crippen molar-refractivity contribution >= 4 is 33.1 Å². The fraction of sp³-hybridized carbons (Fsp3) is 0.297. The van der Waals surface area contributed by atoms with Crippen LogP contribution >= 0.6 is 11.3 Å². The number of halogens is 1. The highest BCUT2D eigenvalue weighted by molar-refractivity contribution is 7.23. The lowest BCUT2D eigenvalue weighted by Gasteiger charge is -2.37. The van der Waals surface area contributed by atoms with Gasteiger partial charge in [-0.1, -0.05) is 12.1 Å². The number of nitrogens with zero attached hydrogens (tertiary/aromatic N) is 5. The molecule has 3 aliphatic heterocycles. The Morgan fingerprint density at radius 2 is 1.98 bits per heavy atom. The summed E-state index contributed by atoms with van der Waals surface area (Å²) in [5, 5.41) is 11.3. The quantitative estimate of drug-likeness (QED) is 0.191. The smallest absolute Gasteiger partial charge is 0.434 e. The molecule has 5 aromatic heterocycles. The Balaban J connectivity index is 1.15. The molecule has 1 spiro atoms. The van der Waals surface area contributed by atoms with Crippen LogP contribution in [0.1, 0.15) is 63.7 Å². The number of hydrogen-bond donors (Lipinski definition) is 2. The molecule has 1 amide bonds. The van der Waals surface area contributed by atoms with Gasteiger partial charge in [-0.15, -0.1) is 16.4 Å². The summed E-state index contributed by atoms with van der Waals surface area (Å²) in [6, 6.07) is 10.5. The van der Waals surface area contributed by atoms with Crippen LogP contribution in [0.25, 0.3) is 32.0 Å². The maximum absolute atomic E-state index is 14.4. The van der Waals surface area contributed by atoms with Gasteiger partial charge in [0.05, 0.1) is 52.1 Å². The van der Waals surface area contributed by atoms with E-state index in [1.807, 2.05) is 17.2 Å². The molecule has 2 aliphatic carbocycles. The number of anilines is 1. The lowest BCUT2D eigenvalue weighted by Crippen LogP contribution is -2.40. The molecular formula is C37H30FN7O4S. The number of nitrogens with one attached hydrogen (secondary N) is 2. The first kappa shape index (κ1) is 29.5. The number of aromatic nitrogens is 5. The highest BCUT2D eigenvalue weighted by Gasteiger charge is 2.65. The van der Waals surface area contributed by atoms with E-state index in [2.05, 4.69) is 26.6 Å². The van der Waals surface area contributed by atoms with Crippen molar-refractivity contribution in [2.45, 2.75) is 50.1 Å². The Hall–Kier alpha value is -5.43. The van der Waals surface area contributed by atoms with Gasteiger partial charge in [-0.05, 0) is 85.2 Å². The summed E-state index contributed by atoms with van der Waals surface area (Å²) in [5.41, 5.74) is 5.97. The van der Waals surface area contributed by atoms with Crippen molar-refractivity contribution in [3.8, 4) is 27.6 Å². The van der Waals surface area contributed by atoms with Gasteiger partial charge < -0.3 is 19.4 Å². The summed E-state index contributed by atoms with van der Waals surface area (Å²) in [6.45, 7) is 0.708. The number of carbonyl (C=O) groups excluding carboxylic acids is 1. The minimum atomic E-state index is -0.696. The molecule has 2 N–H and O–H groups in total. The number of pyridine rings is 3. The molecule has 11 nitrogen and oxygen atoms in total. The fourth-order valence-electron chi connectivity index (χ4n) is 8.68. The summed E-state index contributed by atoms with van der Waals surface area (Å²) >= 11 is 1.53. The van der Waals surface area contributed by atoms with Gasteiger partial charge in [0.15, 0.2) is 0 Å². The number of fused-ring (bicyclic) bond motifs is 3. The summed E-state index contributed by atoms with van der Waals surface area (Å²) in [5.74, 6) is 1.04. The van der Waals surface area contributed by atoms with Gasteiger partial charge in [0.25, 0.3) is 11.8 Å². The van der Waals surface area contributed by atoms with Crippen molar-refractivity contribution in [1.29, 1.82) is 0 Å². The lowest BCUT2D eigenvalue weighted by molar-refractivity contribution is 0.0637. The van der Waals surface area contributed by atoms with Crippen molar-refractivity contribution in [3.05, 3.63) is 105 Å². The topological polar surface area (TPSA) is 139 Å². The fourth-order valence-corrected chi connectivity index (χ4v) is 9.84. The van der Waals surface area contributed by atoms with E-state index in [-0.39, 0.29) is 23.7 Å². The van der Waals surface area contributed by atoms with E-state index in [0.717, 1.165) is 74.6 Å². The summed E-state index contributed by atoms with van der Waals surface area (Å²) in [4.78, 5) is 44.0. The van der Waals surface area contributed by atoms with E-state index in [9.17, 15) is 14.0 Å². The summed E-state index contributed by atoms with van der Waals surface area (Å²) in [7, 11) is 1.66. The number of aromatic amines is 1. The maximum Gasteiger partial charge on any atom is 0.434 e. The monoisotopic (exact) mass is 687 g/mol. The molecule has 1 atom stereocenters. The number of aryl methyl sites for hydroxylation is 2. The Kier molecular flexibility index (Phi) is 6.36. The van der Waals surface area contributed by atoms with Crippen LogP contribution in [0.15, 0.2) is 64.2 Å². The highest BCUT2D eigenvalue weighted by atomic mass is 32.1. The van der Waals surface area contributed by atoms with Gasteiger partial charge in [-0.2, -0.15) is 0 Å². The second-order valence-corrected chi connectivity index (χ2v) is 14.7. The molecule has 5 aliphatic rings. The minimum absolute atomic E-state index is 0.00722. The first-order valence-electron chi connectivity index (χ1n) is 16.8. The zero-order valence-electron chi connectivity index (χ0n) is 27.0. The standard InChI is InChI=1S/C37H30FN7O4S/c1-48-26-16-39-15-23-22(26)7-9-24(23)42-33-31-20(10-11-40-33)12-27(50-31)29-28(34-43-44-36(47)49-34)25(8-4-18-2-5-21(38)6-3-18)41-32-30(29)35(46)45-17-19-13-37(32,45)14-19/h2-3,5-6,10-12,15-16,19,24H,4,7-9,13-14,17H2,1H3,(H,40,42)(H,44,47)/t19?,24-,37?/m1/s1. The second kappa shape index (κ2) is 10.8. The van der Waals surface area contributed by atoms with E-state index in [0.29, 0.717) is 47.7 Å². The molecule has 0 radical (unpaired) electrons. The van der Waals surface area contributed by atoms with Crippen LogP contribution in [0.4, 0.5) is 10.2 Å². The van der Waals surface area contributed by atoms with E-state index in [1.54, 1.807) is 31.6 Å². The SMILES string of the molecule is COc1cncc2c1CC[C@H]2Nc1nccc2cc(-c3c4c(nc(CCc5ccc(F)cc5)c3-c3n[nH]c(=O)o3)C35CC(CN3C4=O)C5)sc12. The molecular weight excluding hydrogens is 658 g/mol. The minimum Gasteiger partial charge on any atom is -0.495 e.